The average molecular weight is 203 g/mol. The van der Waals surface area contributed by atoms with Crippen molar-refractivity contribution in [3.05, 3.63) is 47.0 Å². The van der Waals surface area contributed by atoms with Crippen molar-refractivity contribution >= 4 is 5.91 Å². The Morgan fingerprint density at radius 1 is 1.33 bits per heavy atom. The lowest BCUT2D eigenvalue weighted by atomic mass is 10.1. The van der Waals surface area contributed by atoms with Crippen LogP contribution in [0.25, 0.3) is 0 Å². The van der Waals surface area contributed by atoms with Crippen LogP contribution in [0.1, 0.15) is 24.5 Å². The minimum atomic E-state index is -0.315. The third-order valence-electron chi connectivity index (χ3n) is 2.40. The molecule has 1 amide bonds. The third kappa shape index (κ3) is 3.58. The summed E-state index contributed by atoms with van der Waals surface area (Å²) in [4.78, 5) is 11.0. The van der Waals surface area contributed by atoms with Crippen LogP contribution in [0.4, 0.5) is 0 Å². The van der Waals surface area contributed by atoms with Gasteiger partial charge < -0.3 is 5.73 Å². The number of carbonyl (C=O) groups is 1. The molecule has 0 unspecified atom stereocenters. The number of aryl methyl sites for hydroxylation is 1. The Morgan fingerprint density at radius 3 is 2.40 bits per heavy atom. The molecule has 1 rings (SSSR count). The smallest absolute Gasteiger partial charge is 0.244 e. The van der Waals surface area contributed by atoms with Crippen LogP contribution in [0.2, 0.25) is 0 Å². The number of rotatable bonds is 4. The predicted octanol–water partition coefficient (Wildman–Crippen LogP) is 2.36. The number of hydrogen-bond donors (Lipinski definition) is 1. The Balaban J connectivity index is 2.70. The molecule has 0 aliphatic carbocycles. The second-order valence-corrected chi connectivity index (χ2v) is 3.64. The fraction of sp³-hybridized carbons (Fsp3) is 0.308. The van der Waals surface area contributed by atoms with Crippen LogP contribution in [0.3, 0.4) is 0 Å². The van der Waals surface area contributed by atoms with Gasteiger partial charge in [0.2, 0.25) is 5.91 Å². The molecule has 2 heteroatoms. The zero-order valence-corrected chi connectivity index (χ0v) is 9.29. The van der Waals surface area contributed by atoms with Crippen molar-refractivity contribution in [1.29, 1.82) is 0 Å². The van der Waals surface area contributed by atoms with Gasteiger partial charge in [0.25, 0.3) is 0 Å². The zero-order valence-electron chi connectivity index (χ0n) is 9.29. The Labute approximate surface area is 90.8 Å². The Kier molecular flexibility index (Phi) is 4.10. The van der Waals surface area contributed by atoms with Crippen molar-refractivity contribution in [2.24, 2.45) is 5.73 Å². The number of benzene rings is 1. The molecule has 80 valence electrons. The molecule has 15 heavy (non-hydrogen) atoms. The van der Waals surface area contributed by atoms with E-state index in [1.807, 2.05) is 13.0 Å². The zero-order chi connectivity index (χ0) is 11.3. The maximum Gasteiger partial charge on any atom is 0.244 e. The summed E-state index contributed by atoms with van der Waals surface area (Å²) in [5.74, 6) is -0.315. The Bertz CT molecular complexity index is 363. The van der Waals surface area contributed by atoms with Crippen LogP contribution in [0.15, 0.2) is 35.9 Å². The second kappa shape index (κ2) is 5.35. The number of amides is 1. The van der Waals surface area contributed by atoms with Crippen molar-refractivity contribution in [1.82, 2.24) is 0 Å². The summed E-state index contributed by atoms with van der Waals surface area (Å²) in [7, 11) is 0. The molecule has 2 nitrogen and oxygen atoms in total. The largest absolute Gasteiger partial charge is 0.366 e. The fourth-order valence-corrected chi connectivity index (χ4v) is 1.38. The summed E-state index contributed by atoms with van der Waals surface area (Å²) in [5.41, 5.74) is 8.38. The lowest BCUT2D eigenvalue weighted by Gasteiger charge is -2.00. The Morgan fingerprint density at radius 2 is 1.93 bits per heavy atom. The first-order chi connectivity index (χ1) is 7.13. The predicted molar refractivity (Wildman–Crippen MR) is 62.5 cm³/mol. The van der Waals surface area contributed by atoms with Gasteiger partial charge in [0.1, 0.15) is 0 Å². The molecule has 0 radical (unpaired) electrons. The topological polar surface area (TPSA) is 43.1 Å². The number of nitrogens with two attached hydrogens (primary N) is 1. The van der Waals surface area contributed by atoms with Gasteiger partial charge in [-0.15, -0.1) is 0 Å². The average Bonchev–Trinajstić information content (AvgIpc) is 2.21. The fourth-order valence-electron chi connectivity index (χ4n) is 1.38. The van der Waals surface area contributed by atoms with Crippen LogP contribution in [-0.2, 0) is 11.2 Å². The maximum absolute atomic E-state index is 11.0. The van der Waals surface area contributed by atoms with Gasteiger partial charge in [-0.05, 0) is 25.3 Å². The SMILES string of the molecule is CC/C(=C\Cc1ccc(C)cc1)C(N)=O. The van der Waals surface area contributed by atoms with E-state index in [9.17, 15) is 4.79 Å². The monoisotopic (exact) mass is 203 g/mol. The summed E-state index contributed by atoms with van der Waals surface area (Å²) in [5, 5.41) is 0. The van der Waals surface area contributed by atoms with Crippen molar-refractivity contribution in [3.8, 4) is 0 Å². The van der Waals surface area contributed by atoms with E-state index in [1.165, 1.54) is 11.1 Å². The number of primary amides is 1. The maximum atomic E-state index is 11.0. The molecule has 0 fully saturated rings. The molecule has 1 aromatic rings. The van der Waals surface area contributed by atoms with Crippen LogP contribution in [-0.4, -0.2) is 5.91 Å². The van der Waals surface area contributed by atoms with Crippen LogP contribution < -0.4 is 5.73 Å². The Hall–Kier alpha value is -1.57. The minimum Gasteiger partial charge on any atom is -0.366 e. The molecule has 0 aliphatic heterocycles. The summed E-state index contributed by atoms with van der Waals surface area (Å²) >= 11 is 0. The van der Waals surface area contributed by atoms with Gasteiger partial charge in [-0.25, -0.2) is 0 Å². The molecule has 0 atom stereocenters. The van der Waals surface area contributed by atoms with E-state index in [1.54, 1.807) is 0 Å². The van der Waals surface area contributed by atoms with E-state index in [0.717, 1.165) is 6.42 Å². The van der Waals surface area contributed by atoms with Crippen LogP contribution >= 0.6 is 0 Å². The third-order valence-corrected chi connectivity index (χ3v) is 2.40. The van der Waals surface area contributed by atoms with Crippen molar-refractivity contribution in [2.45, 2.75) is 26.7 Å². The summed E-state index contributed by atoms with van der Waals surface area (Å²) in [6, 6.07) is 8.28. The number of carbonyl (C=O) groups excluding carboxylic acids is 1. The molecule has 1 aromatic carbocycles. The van der Waals surface area contributed by atoms with E-state index in [-0.39, 0.29) is 5.91 Å². The van der Waals surface area contributed by atoms with Gasteiger partial charge in [-0.1, -0.05) is 42.8 Å². The molecule has 0 bridgehead atoms. The summed E-state index contributed by atoms with van der Waals surface area (Å²) < 4.78 is 0. The van der Waals surface area contributed by atoms with Gasteiger partial charge >= 0.3 is 0 Å². The first-order valence-electron chi connectivity index (χ1n) is 5.18. The van der Waals surface area contributed by atoms with E-state index >= 15 is 0 Å². The highest BCUT2D eigenvalue weighted by Gasteiger charge is 2.00. The quantitative estimate of drug-likeness (QED) is 0.750. The van der Waals surface area contributed by atoms with Gasteiger partial charge in [0.15, 0.2) is 0 Å². The summed E-state index contributed by atoms with van der Waals surface area (Å²) in [6.07, 6.45) is 3.38. The normalized spacial score (nSPS) is 11.5. The van der Waals surface area contributed by atoms with Gasteiger partial charge in [-0.3, -0.25) is 4.79 Å². The molecule has 0 aliphatic rings. The molecule has 0 saturated carbocycles. The molecule has 0 saturated heterocycles. The van der Waals surface area contributed by atoms with Crippen molar-refractivity contribution < 1.29 is 4.79 Å². The second-order valence-electron chi connectivity index (χ2n) is 3.64. The highest BCUT2D eigenvalue weighted by Crippen LogP contribution is 2.07. The van der Waals surface area contributed by atoms with Gasteiger partial charge in [0, 0.05) is 5.57 Å². The number of hydrogen-bond acceptors (Lipinski definition) is 1. The lowest BCUT2D eigenvalue weighted by molar-refractivity contribution is -0.114. The van der Waals surface area contributed by atoms with E-state index in [4.69, 9.17) is 5.73 Å². The molecular formula is C13H17NO. The molecule has 0 heterocycles. The highest BCUT2D eigenvalue weighted by atomic mass is 16.1. The van der Waals surface area contributed by atoms with Gasteiger partial charge in [-0.2, -0.15) is 0 Å². The summed E-state index contributed by atoms with van der Waals surface area (Å²) in [6.45, 7) is 3.99. The lowest BCUT2D eigenvalue weighted by Crippen LogP contribution is -2.13. The van der Waals surface area contributed by atoms with Gasteiger partial charge in [0.05, 0.1) is 0 Å². The van der Waals surface area contributed by atoms with Crippen molar-refractivity contribution in [2.75, 3.05) is 0 Å². The van der Waals surface area contributed by atoms with Crippen molar-refractivity contribution in [3.63, 3.8) is 0 Å². The van der Waals surface area contributed by atoms with E-state index in [0.29, 0.717) is 12.0 Å². The number of allylic oxidation sites excluding steroid dienone is 1. The molecular weight excluding hydrogens is 186 g/mol. The van der Waals surface area contributed by atoms with Crippen LogP contribution in [0.5, 0.6) is 0 Å². The minimum absolute atomic E-state index is 0.315. The first kappa shape index (κ1) is 11.5. The molecule has 2 N–H and O–H groups in total. The standard InChI is InChI=1S/C13H17NO/c1-3-12(13(14)15)9-8-11-6-4-10(2)5-7-11/h4-7,9H,3,8H2,1-2H3,(H2,14,15)/b12-9+. The molecule has 0 spiro atoms. The van der Waals surface area contributed by atoms with E-state index < -0.39 is 0 Å². The van der Waals surface area contributed by atoms with E-state index in [2.05, 4.69) is 31.2 Å². The highest BCUT2D eigenvalue weighted by molar-refractivity contribution is 5.91. The first-order valence-corrected chi connectivity index (χ1v) is 5.18. The molecule has 0 aromatic heterocycles. The van der Waals surface area contributed by atoms with Crippen LogP contribution in [0, 0.1) is 6.92 Å².